The molecule has 0 aliphatic carbocycles. The molecule has 1 saturated heterocycles. The Labute approximate surface area is 152 Å². The second kappa shape index (κ2) is 6.92. The molecule has 5 heteroatoms. The molecule has 0 radical (unpaired) electrons. The molecular formula is C20H22N2O2S. The van der Waals surface area contributed by atoms with Crippen LogP contribution in [0.2, 0.25) is 0 Å². The fourth-order valence-electron chi connectivity index (χ4n) is 2.63. The van der Waals surface area contributed by atoms with Crippen molar-refractivity contribution in [2.45, 2.75) is 26.1 Å². The van der Waals surface area contributed by atoms with Crippen LogP contribution in [0, 0.1) is 5.41 Å². The first-order chi connectivity index (χ1) is 11.9. The molecule has 1 heterocycles. The Hall–Kier alpha value is -2.27. The fourth-order valence-corrected chi connectivity index (χ4v) is 3.79. The highest BCUT2D eigenvalue weighted by Gasteiger charge is 2.34. The summed E-state index contributed by atoms with van der Waals surface area (Å²) in [6.45, 7) is 5.65. The Morgan fingerprint density at radius 2 is 1.84 bits per heavy atom. The monoisotopic (exact) mass is 354 g/mol. The van der Waals surface area contributed by atoms with E-state index < -0.39 is 5.41 Å². The molecule has 1 aliphatic heterocycles. The van der Waals surface area contributed by atoms with Crippen LogP contribution in [0.1, 0.15) is 31.7 Å². The summed E-state index contributed by atoms with van der Waals surface area (Å²) < 4.78 is 0. The molecule has 25 heavy (non-hydrogen) atoms. The molecule has 130 valence electrons. The lowest BCUT2D eigenvalue weighted by Crippen LogP contribution is -2.28. The van der Waals surface area contributed by atoms with E-state index in [-0.39, 0.29) is 17.2 Å². The number of carbonyl (C=O) groups is 2. The Balaban J connectivity index is 1.87. The average Bonchev–Trinajstić information content (AvgIpc) is 2.96. The van der Waals surface area contributed by atoms with Crippen molar-refractivity contribution in [1.29, 1.82) is 0 Å². The molecule has 0 saturated carbocycles. The van der Waals surface area contributed by atoms with E-state index >= 15 is 0 Å². The maximum absolute atomic E-state index is 12.4. The Morgan fingerprint density at radius 3 is 2.52 bits per heavy atom. The second-order valence-electron chi connectivity index (χ2n) is 7.09. The van der Waals surface area contributed by atoms with E-state index in [0.29, 0.717) is 5.75 Å². The van der Waals surface area contributed by atoms with Crippen LogP contribution in [0.3, 0.4) is 0 Å². The lowest BCUT2D eigenvalue weighted by atomic mass is 9.95. The van der Waals surface area contributed by atoms with E-state index in [1.54, 1.807) is 11.8 Å². The van der Waals surface area contributed by atoms with Crippen molar-refractivity contribution < 1.29 is 9.59 Å². The topological polar surface area (TPSA) is 49.4 Å². The quantitative estimate of drug-likeness (QED) is 0.886. The first-order valence-corrected chi connectivity index (χ1v) is 9.31. The van der Waals surface area contributed by atoms with Gasteiger partial charge >= 0.3 is 0 Å². The average molecular weight is 354 g/mol. The van der Waals surface area contributed by atoms with Crippen molar-refractivity contribution in [3.8, 4) is 0 Å². The van der Waals surface area contributed by atoms with Gasteiger partial charge in [0, 0.05) is 16.8 Å². The van der Waals surface area contributed by atoms with E-state index in [4.69, 9.17) is 0 Å². The summed E-state index contributed by atoms with van der Waals surface area (Å²) in [4.78, 5) is 26.4. The molecular weight excluding hydrogens is 332 g/mol. The van der Waals surface area contributed by atoms with Gasteiger partial charge in [0.2, 0.25) is 11.8 Å². The lowest BCUT2D eigenvalue weighted by Gasteiger charge is -2.25. The summed E-state index contributed by atoms with van der Waals surface area (Å²) in [5, 5.41) is 2.88. The zero-order valence-electron chi connectivity index (χ0n) is 14.7. The van der Waals surface area contributed by atoms with Gasteiger partial charge in [-0.25, -0.2) is 0 Å². The zero-order chi connectivity index (χ0) is 18.0. The first kappa shape index (κ1) is 17.5. The minimum atomic E-state index is -0.454. The lowest BCUT2D eigenvalue weighted by molar-refractivity contribution is -0.123. The van der Waals surface area contributed by atoms with Crippen molar-refractivity contribution in [3.63, 3.8) is 0 Å². The molecule has 1 N–H and O–H groups in total. The highest BCUT2D eigenvalue weighted by molar-refractivity contribution is 8.00. The van der Waals surface area contributed by atoms with Crippen LogP contribution in [-0.4, -0.2) is 17.6 Å². The summed E-state index contributed by atoms with van der Waals surface area (Å²) in [7, 11) is 0. The number of amides is 2. The van der Waals surface area contributed by atoms with Crippen molar-refractivity contribution in [2.75, 3.05) is 16.0 Å². The number of nitrogens with zero attached hydrogens (tertiary/aromatic N) is 1. The normalized spacial score (nSPS) is 17.6. The predicted octanol–water partition coefficient (Wildman–Crippen LogP) is 4.45. The van der Waals surface area contributed by atoms with Crippen molar-refractivity contribution in [3.05, 3.63) is 60.2 Å². The van der Waals surface area contributed by atoms with Gasteiger partial charge < -0.3 is 5.32 Å². The maximum Gasteiger partial charge on any atom is 0.238 e. The molecule has 0 spiro atoms. The minimum Gasteiger partial charge on any atom is -0.326 e. The molecule has 1 atom stereocenters. The predicted molar refractivity (Wildman–Crippen MR) is 104 cm³/mol. The van der Waals surface area contributed by atoms with E-state index in [1.807, 2.05) is 80.3 Å². The summed E-state index contributed by atoms with van der Waals surface area (Å²) in [5.41, 5.74) is 2.20. The summed E-state index contributed by atoms with van der Waals surface area (Å²) >= 11 is 1.60. The summed E-state index contributed by atoms with van der Waals surface area (Å²) in [6, 6.07) is 17.4. The van der Waals surface area contributed by atoms with E-state index in [9.17, 15) is 9.59 Å². The van der Waals surface area contributed by atoms with Crippen LogP contribution < -0.4 is 10.2 Å². The smallest absolute Gasteiger partial charge is 0.238 e. The first-order valence-electron chi connectivity index (χ1n) is 8.26. The number of rotatable bonds is 3. The highest BCUT2D eigenvalue weighted by atomic mass is 32.2. The van der Waals surface area contributed by atoms with Gasteiger partial charge in [-0.1, -0.05) is 51.1 Å². The Kier molecular flexibility index (Phi) is 4.86. The van der Waals surface area contributed by atoms with Gasteiger partial charge in [0.05, 0.1) is 5.75 Å². The third-order valence-corrected chi connectivity index (χ3v) is 5.23. The van der Waals surface area contributed by atoms with Gasteiger partial charge in [-0.15, -0.1) is 11.8 Å². The van der Waals surface area contributed by atoms with Gasteiger partial charge in [-0.3, -0.25) is 14.5 Å². The molecule has 2 aromatic rings. The highest BCUT2D eigenvalue weighted by Crippen LogP contribution is 2.42. The van der Waals surface area contributed by atoms with Gasteiger partial charge in [0.1, 0.15) is 5.37 Å². The number of para-hydroxylation sites is 1. The van der Waals surface area contributed by atoms with E-state index in [0.717, 1.165) is 16.9 Å². The Bertz CT molecular complexity index is 784. The molecule has 0 unspecified atom stereocenters. The zero-order valence-corrected chi connectivity index (χ0v) is 15.5. The van der Waals surface area contributed by atoms with Crippen molar-refractivity contribution >= 4 is 35.0 Å². The van der Waals surface area contributed by atoms with E-state index in [1.165, 1.54) is 0 Å². The molecule has 1 fully saturated rings. The molecule has 2 aromatic carbocycles. The molecule has 3 rings (SSSR count). The SMILES string of the molecule is CC(C)(C)C(=O)Nc1cccc([C@H]2SCC(=O)N2c2ccccc2)c1. The van der Waals surface area contributed by atoms with Crippen LogP contribution in [0.25, 0.3) is 0 Å². The van der Waals surface area contributed by atoms with Crippen LogP contribution in [0.15, 0.2) is 54.6 Å². The maximum atomic E-state index is 12.4. The van der Waals surface area contributed by atoms with Gasteiger partial charge in [0.25, 0.3) is 0 Å². The van der Waals surface area contributed by atoms with E-state index in [2.05, 4.69) is 5.32 Å². The van der Waals surface area contributed by atoms with Crippen LogP contribution >= 0.6 is 11.8 Å². The third-order valence-electron chi connectivity index (χ3n) is 4.01. The number of anilines is 2. The molecule has 0 bridgehead atoms. The van der Waals surface area contributed by atoms with Crippen molar-refractivity contribution in [2.24, 2.45) is 5.41 Å². The molecule has 2 amide bonds. The third kappa shape index (κ3) is 3.87. The molecule has 1 aliphatic rings. The molecule has 4 nitrogen and oxygen atoms in total. The van der Waals surface area contributed by atoms with Crippen molar-refractivity contribution in [1.82, 2.24) is 0 Å². The fraction of sp³-hybridized carbons (Fsp3) is 0.300. The summed E-state index contributed by atoms with van der Waals surface area (Å²) in [5.74, 6) is 0.531. The van der Waals surface area contributed by atoms with Gasteiger partial charge in [0.15, 0.2) is 0 Å². The number of hydrogen-bond acceptors (Lipinski definition) is 3. The molecule has 0 aromatic heterocycles. The minimum absolute atomic E-state index is 0.0280. The second-order valence-corrected chi connectivity index (χ2v) is 8.16. The Morgan fingerprint density at radius 1 is 1.12 bits per heavy atom. The van der Waals surface area contributed by atoms with Crippen LogP contribution in [0.4, 0.5) is 11.4 Å². The number of hydrogen-bond donors (Lipinski definition) is 1. The number of thioether (sulfide) groups is 1. The van der Waals surface area contributed by atoms with Gasteiger partial charge in [-0.05, 0) is 29.8 Å². The standard InChI is InChI=1S/C20H22N2O2S/c1-20(2,3)19(24)21-15-9-7-8-14(12-15)18-22(17(23)13-25-18)16-10-5-4-6-11-16/h4-12,18H,13H2,1-3H3,(H,21,24)/t18-/m1/s1. The largest absolute Gasteiger partial charge is 0.326 e. The number of benzene rings is 2. The summed E-state index contributed by atoms with van der Waals surface area (Å²) in [6.07, 6.45) is 0. The van der Waals surface area contributed by atoms with Crippen LogP contribution in [-0.2, 0) is 9.59 Å². The number of nitrogens with one attached hydrogen (secondary N) is 1. The van der Waals surface area contributed by atoms with Crippen LogP contribution in [0.5, 0.6) is 0 Å². The number of carbonyl (C=O) groups excluding carboxylic acids is 2. The van der Waals surface area contributed by atoms with Gasteiger partial charge in [-0.2, -0.15) is 0 Å².